The highest BCUT2D eigenvalue weighted by Crippen LogP contribution is 2.48. The summed E-state index contributed by atoms with van der Waals surface area (Å²) in [4.78, 5) is 0. The smallest absolute Gasteiger partial charge is 0.0381 e. The summed E-state index contributed by atoms with van der Waals surface area (Å²) in [7, 11) is 0. The van der Waals surface area contributed by atoms with Gasteiger partial charge in [0, 0.05) is 0 Å². The Morgan fingerprint density at radius 1 is 1.00 bits per heavy atom. The van der Waals surface area contributed by atoms with E-state index in [9.17, 15) is 0 Å². The van der Waals surface area contributed by atoms with Gasteiger partial charge >= 0.3 is 0 Å². The van der Waals surface area contributed by atoms with Crippen LogP contribution in [0.15, 0.2) is 0 Å². The highest BCUT2D eigenvalue weighted by atomic mass is 14.4. The number of hydrogen-bond acceptors (Lipinski definition) is 0. The van der Waals surface area contributed by atoms with Crippen molar-refractivity contribution in [2.24, 2.45) is 29.6 Å². The van der Waals surface area contributed by atoms with Crippen LogP contribution < -0.4 is 0 Å². The van der Waals surface area contributed by atoms with E-state index in [2.05, 4.69) is 20.8 Å². The summed E-state index contributed by atoms with van der Waals surface area (Å²) in [5.41, 5.74) is 0. The summed E-state index contributed by atoms with van der Waals surface area (Å²) >= 11 is 0. The average Bonchev–Trinajstić information content (AvgIpc) is 2.80. The van der Waals surface area contributed by atoms with Gasteiger partial charge in [-0.1, -0.05) is 27.2 Å². The molecule has 2 aliphatic carbocycles. The van der Waals surface area contributed by atoms with Gasteiger partial charge in [-0.2, -0.15) is 0 Å². The summed E-state index contributed by atoms with van der Waals surface area (Å²) in [5.74, 6) is 5.33. The predicted molar refractivity (Wildman–Crippen MR) is 62.2 cm³/mol. The Bertz CT molecular complexity index is 182. The first-order valence-electron chi connectivity index (χ1n) is 6.66. The maximum atomic E-state index is 2.44. The zero-order valence-corrected chi connectivity index (χ0v) is 10.1. The van der Waals surface area contributed by atoms with Gasteiger partial charge in [-0.3, -0.25) is 0 Å². The fraction of sp³-hybridized carbons (Fsp3) is 1.00. The van der Waals surface area contributed by atoms with E-state index in [-0.39, 0.29) is 0 Å². The second-order valence-corrected chi connectivity index (χ2v) is 6.28. The molecule has 0 spiro atoms. The first kappa shape index (κ1) is 10.5. The van der Waals surface area contributed by atoms with Crippen LogP contribution >= 0.6 is 0 Å². The molecule has 0 amide bonds. The number of hydrogen-bond donors (Lipinski definition) is 0. The quantitative estimate of drug-likeness (QED) is 0.604. The van der Waals surface area contributed by atoms with Crippen molar-refractivity contribution < 1.29 is 0 Å². The van der Waals surface area contributed by atoms with E-state index in [0.717, 1.165) is 29.6 Å². The van der Waals surface area contributed by atoms with Crippen molar-refractivity contribution >= 4 is 0 Å². The van der Waals surface area contributed by atoms with Crippen molar-refractivity contribution in [1.29, 1.82) is 0 Å². The molecule has 4 atom stereocenters. The normalized spacial score (nSPS) is 41.1. The van der Waals surface area contributed by atoms with Crippen LogP contribution in [0.4, 0.5) is 0 Å². The molecule has 2 aliphatic rings. The predicted octanol–water partition coefficient (Wildman–Crippen LogP) is 4.49. The van der Waals surface area contributed by atoms with Gasteiger partial charge in [-0.15, -0.1) is 0 Å². The van der Waals surface area contributed by atoms with Crippen molar-refractivity contribution in [3.8, 4) is 0 Å². The Labute approximate surface area is 89.5 Å². The lowest BCUT2D eigenvalue weighted by atomic mass is 9.72. The first-order valence-corrected chi connectivity index (χ1v) is 6.66. The van der Waals surface area contributed by atoms with Gasteiger partial charge in [0.05, 0.1) is 0 Å². The van der Waals surface area contributed by atoms with E-state index in [1.165, 1.54) is 19.3 Å². The average molecular weight is 194 g/mol. The van der Waals surface area contributed by atoms with Crippen molar-refractivity contribution in [3.63, 3.8) is 0 Å². The Balaban J connectivity index is 1.55. The second-order valence-electron chi connectivity index (χ2n) is 6.28. The third-order valence-corrected chi connectivity index (χ3v) is 4.55. The van der Waals surface area contributed by atoms with Crippen molar-refractivity contribution in [2.75, 3.05) is 0 Å². The number of rotatable bonds is 5. The highest BCUT2D eigenvalue weighted by Gasteiger charge is 2.37. The molecule has 2 fully saturated rings. The van der Waals surface area contributed by atoms with E-state index < -0.39 is 0 Å². The zero-order chi connectivity index (χ0) is 10.1. The van der Waals surface area contributed by atoms with Crippen LogP contribution in [0.2, 0.25) is 0 Å². The lowest BCUT2D eigenvalue weighted by molar-refractivity contribution is 0.176. The van der Waals surface area contributed by atoms with Crippen LogP contribution in [0.25, 0.3) is 0 Å². The second kappa shape index (κ2) is 4.24. The maximum Gasteiger partial charge on any atom is -0.0381 e. The maximum absolute atomic E-state index is 2.44. The standard InChI is InChI=1S/C14H26/c1-10(2)8-14-9-13(14)7-6-12-5-4-11(12)3/h10-14H,4-9H2,1-3H3. The molecule has 0 aromatic rings. The van der Waals surface area contributed by atoms with Gasteiger partial charge in [0.1, 0.15) is 0 Å². The Morgan fingerprint density at radius 3 is 2.21 bits per heavy atom. The fourth-order valence-corrected chi connectivity index (χ4v) is 3.15. The van der Waals surface area contributed by atoms with Crippen LogP contribution in [0, 0.1) is 29.6 Å². The van der Waals surface area contributed by atoms with Crippen LogP contribution in [0.3, 0.4) is 0 Å². The van der Waals surface area contributed by atoms with Gasteiger partial charge in [-0.25, -0.2) is 0 Å². The monoisotopic (exact) mass is 194 g/mol. The molecule has 0 radical (unpaired) electrons. The lowest BCUT2D eigenvalue weighted by Gasteiger charge is -2.34. The molecule has 0 saturated heterocycles. The minimum atomic E-state index is 0.924. The summed E-state index contributed by atoms with van der Waals surface area (Å²) in [6, 6.07) is 0. The van der Waals surface area contributed by atoms with Crippen LogP contribution in [0.5, 0.6) is 0 Å². The van der Waals surface area contributed by atoms with Crippen molar-refractivity contribution in [2.45, 2.75) is 59.3 Å². The minimum Gasteiger partial charge on any atom is -0.0628 e. The molecule has 14 heavy (non-hydrogen) atoms. The molecular formula is C14H26. The van der Waals surface area contributed by atoms with Crippen molar-refractivity contribution in [1.82, 2.24) is 0 Å². The molecule has 0 bridgehead atoms. The van der Waals surface area contributed by atoms with Crippen LogP contribution in [0.1, 0.15) is 59.3 Å². The van der Waals surface area contributed by atoms with Crippen molar-refractivity contribution in [3.05, 3.63) is 0 Å². The Morgan fingerprint density at radius 2 is 1.71 bits per heavy atom. The first-order chi connectivity index (χ1) is 6.66. The summed E-state index contributed by atoms with van der Waals surface area (Å²) in [6.07, 6.45) is 9.17. The van der Waals surface area contributed by atoms with Crippen LogP contribution in [-0.2, 0) is 0 Å². The molecule has 0 nitrogen and oxygen atoms in total. The van der Waals surface area contributed by atoms with Gasteiger partial charge in [0.2, 0.25) is 0 Å². The zero-order valence-electron chi connectivity index (χ0n) is 10.1. The van der Waals surface area contributed by atoms with Gasteiger partial charge in [-0.05, 0) is 61.7 Å². The SMILES string of the molecule is CC(C)CC1CC1CCC1CCC1C. The topological polar surface area (TPSA) is 0 Å². The molecule has 0 N–H and O–H groups in total. The molecule has 4 unspecified atom stereocenters. The van der Waals surface area contributed by atoms with Gasteiger partial charge in [0.25, 0.3) is 0 Å². The molecule has 0 aromatic heterocycles. The van der Waals surface area contributed by atoms with Crippen LogP contribution in [-0.4, -0.2) is 0 Å². The van der Waals surface area contributed by atoms with E-state index in [0.29, 0.717) is 0 Å². The fourth-order valence-electron chi connectivity index (χ4n) is 3.15. The third kappa shape index (κ3) is 2.52. The molecule has 2 rings (SSSR count). The minimum absolute atomic E-state index is 0.924. The summed E-state index contributed by atoms with van der Waals surface area (Å²) in [5, 5.41) is 0. The Kier molecular flexibility index (Phi) is 3.19. The molecule has 0 aliphatic heterocycles. The van der Waals surface area contributed by atoms with E-state index in [1.54, 1.807) is 19.3 Å². The summed E-state index contributed by atoms with van der Waals surface area (Å²) in [6.45, 7) is 7.17. The third-order valence-electron chi connectivity index (χ3n) is 4.55. The van der Waals surface area contributed by atoms with E-state index in [1.807, 2.05) is 0 Å². The summed E-state index contributed by atoms with van der Waals surface area (Å²) < 4.78 is 0. The molecular weight excluding hydrogens is 168 g/mol. The molecule has 82 valence electrons. The lowest BCUT2D eigenvalue weighted by Crippen LogP contribution is -2.22. The highest BCUT2D eigenvalue weighted by molar-refractivity contribution is 4.88. The van der Waals surface area contributed by atoms with E-state index in [4.69, 9.17) is 0 Å². The molecule has 2 saturated carbocycles. The van der Waals surface area contributed by atoms with Gasteiger partial charge in [0.15, 0.2) is 0 Å². The molecule has 0 heterocycles. The van der Waals surface area contributed by atoms with Gasteiger partial charge < -0.3 is 0 Å². The molecule has 0 heteroatoms. The molecule has 0 aromatic carbocycles. The largest absolute Gasteiger partial charge is 0.0628 e. The Hall–Kier alpha value is 0. The van der Waals surface area contributed by atoms with E-state index >= 15 is 0 Å².